The van der Waals surface area contributed by atoms with E-state index in [9.17, 15) is 4.79 Å². The molecule has 1 atom stereocenters. The molecule has 1 aromatic heterocycles. The molecular weight excluding hydrogens is 440 g/mol. The van der Waals surface area contributed by atoms with Gasteiger partial charge in [-0.25, -0.2) is 9.97 Å². The number of carbonyl (C=O) groups is 1. The number of thioether (sulfide) groups is 1. The van der Waals surface area contributed by atoms with Gasteiger partial charge in [0.1, 0.15) is 10.9 Å². The van der Waals surface area contributed by atoms with Gasteiger partial charge in [-0.2, -0.15) is 0 Å². The van der Waals surface area contributed by atoms with E-state index in [1.807, 2.05) is 49.4 Å². The van der Waals surface area contributed by atoms with Crippen molar-refractivity contribution < 1.29 is 19.0 Å². The monoisotopic (exact) mass is 466 g/mol. The van der Waals surface area contributed by atoms with E-state index in [-0.39, 0.29) is 18.0 Å². The van der Waals surface area contributed by atoms with Crippen molar-refractivity contribution in [1.82, 2.24) is 20.2 Å². The number of morpholine rings is 1. The molecular formula is C24H26N4O4S. The summed E-state index contributed by atoms with van der Waals surface area (Å²) in [5, 5.41) is 4.50. The van der Waals surface area contributed by atoms with Crippen molar-refractivity contribution in [1.29, 1.82) is 0 Å². The van der Waals surface area contributed by atoms with E-state index in [4.69, 9.17) is 24.2 Å². The zero-order chi connectivity index (χ0) is 22.6. The number of ether oxygens (including phenoxy) is 3. The minimum atomic E-state index is -0.312. The SMILES string of the molecule is CC(Sc1nc(CN2CCOCC2)nc2ccccc12)C(=O)NCc1ccc2c(c1)OCO2. The fourth-order valence-electron chi connectivity index (χ4n) is 3.82. The first kappa shape index (κ1) is 21.9. The summed E-state index contributed by atoms with van der Waals surface area (Å²) in [4.78, 5) is 24.7. The maximum absolute atomic E-state index is 12.8. The minimum absolute atomic E-state index is 0.0462. The van der Waals surface area contributed by atoms with Gasteiger partial charge in [0, 0.05) is 25.0 Å². The summed E-state index contributed by atoms with van der Waals surface area (Å²) < 4.78 is 16.2. The van der Waals surface area contributed by atoms with E-state index in [1.165, 1.54) is 11.8 Å². The molecule has 1 fully saturated rings. The second kappa shape index (κ2) is 9.94. The number of hydrogen-bond acceptors (Lipinski definition) is 8. The molecule has 1 unspecified atom stereocenters. The van der Waals surface area contributed by atoms with Gasteiger partial charge in [0.2, 0.25) is 12.7 Å². The first-order valence-corrected chi connectivity index (χ1v) is 11.9. The summed E-state index contributed by atoms with van der Waals surface area (Å²) >= 11 is 1.46. The quantitative estimate of drug-likeness (QED) is 0.420. The van der Waals surface area contributed by atoms with E-state index in [1.54, 1.807) is 0 Å². The number of hydrogen-bond donors (Lipinski definition) is 1. The first-order valence-electron chi connectivity index (χ1n) is 11.0. The Morgan fingerprint density at radius 1 is 1.12 bits per heavy atom. The highest BCUT2D eigenvalue weighted by Crippen LogP contribution is 2.33. The molecule has 2 aliphatic heterocycles. The third-order valence-electron chi connectivity index (χ3n) is 5.64. The fraction of sp³-hybridized carbons (Fsp3) is 0.375. The van der Waals surface area contributed by atoms with Crippen LogP contribution < -0.4 is 14.8 Å². The molecule has 0 bridgehead atoms. The van der Waals surface area contributed by atoms with Crippen molar-refractivity contribution in [3.63, 3.8) is 0 Å². The zero-order valence-corrected chi connectivity index (χ0v) is 19.3. The van der Waals surface area contributed by atoms with Crippen LogP contribution in [0.5, 0.6) is 11.5 Å². The van der Waals surface area contributed by atoms with Crippen LogP contribution in [0.1, 0.15) is 18.3 Å². The molecule has 0 radical (unpaired) electrons. The number of nitrogens with zero attached hydrogens (tertiary/aromatic N) is 3. The first-order chi connectivity index (χ1) is 16.2. The Labute approximate surface area is 196 Å². The molecule has 1 saturated heterocycles. The molecule has 3 heterocycles. The summed E-state index contributed by atoms with van der Waals surface area (Å²) in [6.07, 6.45) is 0. The van der Waals surface area contributed by atoms with Crippen molar-refractivity contribution >= 4 is 28.6 Å². The standard InChI is InChI=1S/C24H26N4O4S/c1-16(23(29)25-13-17-6-7-20-21(12-17)32-15-31-20)33-24-18-4-2-3-5-19(18)26-22(27-24)14-28-8-10-30-11-9-28/h2-7,12,16H,8-11,13-15H2,1H3,(H,25,29). The molecule has 0 aliphatic carbocycles. The van der Waals surface area contributed by atoms with Crippen molar-refractivity contribution in [2.45, 2.75) is 30.3 Å². The number of carbonyl (C=O) groups excluding carboxylic acids is 1. The topological polar surface area (TPSA) is 85.8 Å². The summed E-state index contributed by atoms with van der Waals surface area (Å²) in [5.41, 5.74) is 1.86. The van der Waals surface area contributed by atoms with Gasteiger partial charge < -0.3 is 19.5 Å². The molecule has 9 heteroatoms. The highest BCUT2D eigenvalue weighted by molar-refractivity contribution is 8.00. The van der Waals surface area contributed by atoms with E-state index in [2.05, 4.69) is 10.2 Å². The normalized spacial score (nSPS) is 16.6. The summed E-state index contributed by atoms with van der Waals surface area (Å²) in [6.45, 7) is 6.44. The molecule has 3 aromatic rings. The lowest BCUT2D eigenvalue weighted by Gasteiger charge is -2.26. The Bertz CT molecular complexity index is 1150. The molecule has 1 amide bonds. The van der Waals surface area contributed by atoms with Crippen molar-refractivity contribution in [3.05, 3.63) is 53.9 Å². The molecule has 0 spiro atoms. The third kappa shape index (κ3) is 5.21. The number of fused-ring (bicyclic) bond motifs is 2. The molecule has 8 nitrogen and oxygen atoms in total. The largest absolute Gasteiger partial charge is 0.454 e. The maximum Gasteiger partial charge on any atom is 0.233 e. The van der Waals surface area contributed by atoms with Gasteiger partial charge in [-0.15, -0.1) is 0 Å². The molecule has 172 valence electrons. The highest BCUT2D eigenvalue weighted by Gasteiger charge is 2.20. The van der Waals surface area contributed by atoms with Gasteiger partial charge in [0.05, 0.1) is 30.5 Å². The number of para-hydroxylation sites is 1. The summed E-state index contributed by atoms with van der Waals surface area (Å²) in [7, 11) is 0. The summed E-state index contributed by atoms with van der Waals surface area (Å²) in [6, 6.07) is 13.6. The Morgan fingerprint density at radius 2 is 1.94 bits per heavy atom. The van der Waals surface area contributed by atoms with Crippen molar-refractivity contribution in [3.8, 4) is 11.5 Å². The van der Waals surface area contributed by atoms with Crippen LogP contribution in [0.15, 0.2) is 47.5 Å². The summed E-state index contributed by atoms with van der Waals surface area (Å²) in [5.74, 6) is 2.17. The van der Waals surface area contributed by atoms with E-state index < -0.39 is 0 Å². The van der Waals surface area contributed by atoms with Gasteiger partial charge in [0.25, 0.3) is 0 Å². The van der Waals surface area contributed by atoms with Crippen LogP contribution in [-0.2, 0) is 22.6 Å². The Kier molecular flexibility index (Phi) is 6.61. The Morgan fingerprint density at radius 3 is 2.82 bits per heavy atom. The lowest BCUT2D eigenvalue weighted by molar-refractivity contribution is -0.120. The van der Waals surface area contributed by atoms with Crippen LogP contribution >= 0.6 is 11.8 Å². The second-order valence-corrected chi connectivity index (χ2v) is 9.35. The van der Waals surface area contributed by atoms with Gasteiger partial charge in [-0.3, -0.25) is 9.69 Å². The van der Waals surface area contributed by atoms with Crippen molar-refractivity contribution in [2.75, 3.05) is 33.1 Å². The minimum Gasteiger partial charge on any atom is -0.454 e. The average molecular weight is 467 g/mol. The van der Waals surface area contributed by atoms with Crippen LogP contribution in [0.4, 0.5) is 0 Å². The predicted octanol–water partition coefficient (Wildman–Crippen LogP) is 2.99. The predicted molar refractivity (Wildman–Crippen MR) is 125 cm³/mol. The van der Waals surface area contributed by atoms with E-state index >= 15 is 0 Å². The van der Waals surface area contributed by atoms with Crippen LogP contribution in [0.25, 0.3) is 10.9 Å². The fourth-order valence-corrected chi connectivity index (χ4v) is 4.80. The Balaban J connectivity index is 1.27. The number of amides is 1. The maximum atomic E-state index is 12.8. The average Bonchev–Trinajstić information content (AvgIpc) is 3.31. The number of nitrogens with one attached hydrogen (secondary N) is 1. The molecule has 5 rings (SSSR count). The van der Waals surface area contributed by atoms with Gasteiger partial charge in [-0.05, 0) is 30.7 Å². The second-order valence-electron chi connectivity index (χ2n) is 8.02. The van der Waals surface area contributed by atoms with E-state index in [0.29, 0.717) is 18.8 Å². The molecule has 0 saturated carbocycles. The van der Waals surface area contributed by atoms with Gasteiger partial charge in [-0.1, -0.05) is 36.0 Å². The smallest absolute Gasteiger partial charge is 0.233 e. The van der Waals surface area contributed by atoms with Crippen LogP contribution in [0.2, 0.25) is 0 Å². The lowest BCUT2D eigenvalue weighted by atomic mass is 10.2. The zero-order valence-electron chi connectivity index (χ0n) is 18.5. The number of rotatable bonds is 7. The number of aromatic nitrogens is 2. The van der Waals surface area contributed by atoms with Gasteiger partial charge >= 0.3 is 0 Å². The molecule has 2 aromatic carbocycles. The Hall–Kier alpha value is -2.88. The highest BCUT2D eigenvalue weighted by atomic mass is 32.2. The van der Waals surface area contributed by atoms with Gasteiger partial charge in [0.15, 0.2) is 11.5 Å². The van der Waals surface area contributed by atoms with Crippen LogP contribution in [0.3, 0.4) is 0 Å². The lowest BCUT2D eigenvalue weighted by Crippen LogP contribution is -2.36. The van der Waals surface area contributed by atoms with E-state index in [0.717, 1.165) is 59.4 Å². The van der Waals surface area contributed by atoms with Crippen molar-refractivity contribution in [2.24, 2.45) is 0 Å². The van der Waals surface area contributed by atoms with Crippen LogP contribution in [-0.4, -0.2) is 59.1 Å². The molecule has 1 N–H and O–H groups in total. The third-order valence-corrected chi connectivity index (χ3v) is 6.75. The van der Waals surface area contributed by atoms with Crippen LogP contribution in [0, 0.1) is 0 Å². The molecule has 2 aliphatic rings. The number of benzene rings is 2. The molecule has 33 heavy (non-hydrogen) atoms.